The van der Waals surface area contributed by atoms with Gasteiger partial charge in [-0.3, -0.25) is 4.79 Å². The Morgan fingerprint density at radius 2 is 2.09 bits per heavy atom. The highest BCUT2D eigenvalue weighted by Gasteiger charge is 2.12. The van der Waals surface area contributed by atoms with Crippen LogP contribution < -0.4 is 0 Å². The van der Waals surface area contributed by atoms with Crippen LogP contribution >= 0.6 is 0 Å². The molecule has 0 radical (unpaired) electrons. The molecule has 1 aliphatic rings. The first-order valence-corrected chi connectivity index (χ1v) is 3.88. The van der Waals surface area contributed by atoms with E-state index in [0.29, 0.717) is 12.8 Å². The zero-order valence-corrected chi connectivity index (χ0v) is 6.49. The maximum atomic E-state index is 11.2. The molecule has 0 unspecified atom stereocenters. The minimum absolute atomic E-state index is 0.104. The van der Waals surface area contributed by atoms with Crippen LogP contribution in [0.1, 0.15) is 12.8 Å². The van der Waals surface area contributed by atoms with E-state index in [2.05, 4.69) is 0 Å². The van der Waals surface area contributed by atoms with Gasteiger partial charge in [-0.15, -0.1) is 0 Å². The van der Waals surface area contributed by atoms with Crippen molar-refractivity contribution >= 4 is 5.91 Å². The summed E-state index contributed by atoms with van der Waals surface area (Å²) in [6.07, 6.45) is 5.02. The van der Waals surface area contributed by atoms with Crippen LogP contribution in [-0.4, -0.2) is 35.6 Å². The maximum Gasteiger partial charge on any atom is 0.223 e. The van der Waals surface area contributed by atoms with Crippen molar-refractivity contribution in [3.8, 4) is 0 Å². The Labute approximate surface area is 66.3 Å². The Balaban J connectivity index is 2.19. The van der Waals surface area contributed by atoms with E-state index in [-0.39, 0.29) is 12.5 Å². The molecule has 0 saturated carbocycles. The van der Waals surface area contributed by atoms with Gasteiger partial charge in [0.2, 0.25) is 5.91 Å². The van der Waals surface area contributed by atoms with Crippen LogP contribution in [0.25, 0.3) is 0 Å². The Morgan fingerprint density at radius 1 is 1.45 bits per heavy atom. The van der Waals surface area contributed by atoms with E-state index in [4.69, 9.17) is 5.11 Å². The predicted molar refractivity (Wildman–Crippen MR) is 42.0 cm³/mol. The first-order chi connectivity index (χ1) is 5.34. The number of aliphatic hydroxyl groups is 1. The Morgan fingerprint density at radius 3 is 2.64 bits per heavy atom. The first kappa shape index (κ1) is 8.27. The largest absolute Gasteiger partial charge is 0.396 e. The summed E-state index contributed by atoms with van der Waals surface area (Å²) in [5.41, 5.74) is 0. The molecule has 0 saturated heterocycles. The van der Waals surface area contributed by atoms with Crippen LogP contribution in [0.15, 0.2) is 12.2 Å². The third-order valence-corrected chi connectivity index (χ3v) is 1.72. The molecule has 0 aromatic rings. The van der Waals surface area contributed by atoms with Crippen molar-refractivity contribution in [2.45, 2.75) is 12.8 Å². The number of amides is 1. The van der Waals surface area contributed by atoms with Gasteiger partial charge in [0.15, 0.2) is 0 Å². The SMILES string of the molecule is O=C(CCCO)N1CC=CC1. The molecule has 0 aromatic carbocycles. The maximum absolute atomic E-state index is 11.2. The fraction of sp³-hybridized carbons (Fsp3) is 0.625. The lowest BCUT2D eigenvalue weighted by atomic mass is 10.3. The van der Waals surface area contributed by atoms with E-state index in [9.17, 15) is 4.79 Å². The molecule has 0 fully saturated rings. The van der Waals surface area contributed by atoms with Gasteiger partial charge in [0.1, 0.15) is 0 Å². The lowest BCUT2D eigenvalue weighted by Gasteiger charge is -2.14. The molecule has 0 bridgehead atoms. The van der Waals surface area contributed by atoms with Crippen LogP contribution in [-0.2, 0) is 4.79 Å². The number of carbonyl (C=O) groups is 1. The summed E-state index contributed by atoms with van der Waals surface area (Å²) in [6, 6.07) is 0. The lowest BCUT2D eigenvalue weighted by Crippen LogP contribution is -2.27. The second-order valence-corrected chi connectivity index (χ2v) is 2.60. The highest BCUT2D eigenvalue weighted by atomic mass is 16.3. The number of carbonyl (C=O) groups excluding carboxylic acids is 1. The molecule has 0 aliphatic carbocycles. The van der Waals surface area contributed by atoms with Crippen molar-refractivity contribution in [3.05, 3.63) is 12.2 Å². The molecule has 3 heteroatoms. The van der Waals surface area contributed by atoms with E-state index >= 15 is 0 Å². The predicted octanol–water partition coefficient (Wildman–Crippen LogP) is 0.157. The summed E-state index contributed by atoms with van der Waals surface area (Å²) in [5, 5.41) is 8.47. The molecular weight excluding hydrogens is 142 g/mol. The number of hydrogen-bond donors (Lipinski definition) is 1. The highest BCUT2D eigenvalue weighted by Crippen LogP contribution is 2.02. The zero-order chi connectivity index (χ0) is 8.10. The van der Waals surface area contributed by atoms with Crippen molar-refractivity contribution < 1.29 is 9.90 Å². The van der Waals surface area contributed by atoms with Crippen molar-refractivity contribution in [2.24, 2.45) is 0 Å². The molecule has 1 N–H and O–H groups in total. The number of rotatable bonds is 3. The normalized spacial score (nSPS) is 15.9. The van der Waals surface area contributed by atoms with E-state index in [1.807, 2.05) is 12.2 Å². The van der Waals surface area contributed by atoms with Crippen LogP contribution in [0.4, 0.5) is 0 Å². The second-order valence-electron chi connectivity index (χ2n) is 2.60. The smallest absolute Gasteiger partial charge is 0.223 e. The van der Waals surface area contributed by atoms with Crippen molar-refractivity contribution in [2.75, 3.05) is 19.7 Å². The van der Waals surface area contributed by atoms with E-state index in [0.717, 1.165) is 13.1 Å². The van der Waals surface area contributed by atoms with Crippen molar-refractivity contribution in [1.82, 2.24) is 4.90 Å². The number of nitrogens with zero attached hydrogens (tertiary/aromatic N) is 1. The van der Waals surface area contributed by atoms with Gasteiger partial charge in [0.25, 0.3) is 0 Å². The molecule has 0 atom stereocenters. The minimum atomic E-state index is 0.104. The van der Waals surface area contributed by atoms with Gasteiger partial charge < -0.3 is 10.0 Å². The minimum Gasteiger partial charge on any atom is -0.396 e. The fourth-order valence-electron chi connectivity index (χ4n) is 1.07. The number of hydrogen-bond acceptors (Lipinski definition) is 2. The molecule has 1 amide bonds. The summed E-state index contributed by atoms with van der Waals surface area (Å²) < 4.78 is 0. The van der Waals surface area contributed by atoms with E-state index < -0.39 is 0 Å². The summed E-state index contributed by atoms with van der Waals surface area (Å²) in [7, 11) is 0. The Hall–Kier alpha value is -0.830. The van der Waals surface area contributed by atoms with Gasteiger partial charge in [-0.05, 0) is 6.42 Å². The lowest BCUT2D eigenvalue weighted by molar-refractivity contribution is -0.130. The van der Waals surface area contributed by atoms with Gasteiger partial charge in [0.05, 0.1) is 0 Å². The van der Waals surface area contributed by atoms with Crippen LogP contribution in [0.2, 0.25) is 0 Å². The summed E-state index contributed by atoms with van der Waals surface area (Å²) in [4.78, 5) is 13.0. The third kappa shape index (κ3) is 2.35. The molecule has 1 rings (SSSR count). The summed E-state index contributed by atoms with van der Waals surface area (Å²) >= 11 is 0. The molecule has 1 aliphatic heterocycles. The molecule has 62 valence electrons. The van der Waals surface area contributed by atoms with Crippen molar-refractivity contribution in [3.63, 3.8) is 0 Å². The quantitative estimate of drug-likeness (QED) is 0.590. The van der Waals surface area contributed by atoms with Gasteiger partial charge in [-0.2, -0.15) is 0 Å². The Bertz CT molecular complexity index is 157. The van der Waals surface area contributed by atoms with Gasteiger partial charge in [-0.1, -0.05) is 12.2 Å². The molecule has 0 spiro atoms. The molecule has 3 nitrogen and oxygen atoms in total. The standard InChI is InChI=1S/C8H13NO2/c10-7-3-4-8(11)9-5-1-2-6-9/h1-2,10H,3-7H2. The Kier molecular flexibility index (Phi) is 3.11. The zero-order valence-electron chi connectivity index (χ0n) is 6.49. The number of aliphatic hydroxyl groups excluding tert-OH is 1. The fourth-order valence-corrected chi connectivity index (χ4v) is 1.07. The first-order valence-electron chi connectivity index (χ1n) is 3.88. The molecule has 1 heterocycles. The molecule has 0 aromatic heterocycles. The van der Waals surface area contributed by atoms with Crippen LogP contribution in [0, 0.1) is 0 Å². The molecule has 11 heavy (non-hydrogen) atoms. The monoisotopic (exact) mass is 155 g/mol. The average molecular weight is 155 g/mol. The van der Waals surface area contributed by atoms with E-state index in [1.54, 1.807) is 4.90 Å². The second kappa shape index (κ2) is 4.13. The highest BCUT2D eigenvalue weighted by molar-refractivity contribution is 5.76. The van der Waals surface area contributed by atoms with Gasteiger partial charge in [0, 0.05) is 26.1 Å². The molecular formula is C8H13NO2. The summed E-state index contributed by atoms with van der Waals surface area (Å²) in [5.74, 6) is 0.143. The summed E-state index contributed by atoms with van der Waals surface area (Å²) in [6.45, 7) is 1.58. The topological polar surface area (TPSA) is 40.5 Å². The van der Waals surface area contributed by atoms with Gasteiger partial charge >= 0.3 is 0 Å². The third-order valence-electron chi connectivity index (χ3n) is 1.72. The van der Waals surface area contributed by atoms with Crippen LogP contribution in [0.5, 0.6) is 0 Å². The van der Waals surface area contributed by atoms with Crippen molar-refractivity contribution in [1.29, 1.82) is 0 Å². The van der Waals surface area contributed by atoms with Crippen LogP contribution in [0.3, 0.4) is 0 Å². The average Bonchev–Trinajstić information content (AvgIpc) is 2.52. The van der Waals surface area contributed by atoms with E-state index in [1.165, 1.54) is 0 Å². The van der Waals surface area contributed by atoms with Gasteiger partial charge in [-0.25, -0.2) is 0 Å².